The van der Waals surface area contributed by atoms with E-state index in [4.69, 9.17) is 37.4 Å². The molecule has 0 saturated carbocycles. The van der Waals surface area contributed by atoms with Crippen molar-refractivity contribution in [1.82, 2.24) is 20.7 Å². The number of amides is 3. The molecule has 2 atom stereocenters. The summed E-state index contributed by atoms with van der Waals surface area (Å²) in [4.78, 5) is 44.4. The molecule has 1 aromatic heterocycles. The predicted octanol–water partition coefficient (Wildman–Crippen LogP) is 5.73. The Morgan fingerprint density at radius 1 is 1.05 bits per heavy atom. The van der Waals surface area contributed by atoms with Crippen LogP contribution in [0.4, 0.5) is 10.6 Å². The van der Waals surface area contributed by atoms with Gasteiger partial charge in [0.15, 0.2) is 5.75 Å². The molecule has 13 heteroatoms. The topological polar surface area (TPSA) is 131 Å². The van der Waals surface area contributed by atoms with Gasteiger partial charge in [0.1, 0.15) is 23.8 Å². The van der Waals surface area contributed by atoms with E-state index in [2.05, 4.69) is 21.2 Å². The van der Waals surface area contributed by atoms with Crippen LogP contribution < -0.4 is 20.9 Å². The number of carbonyl (C=O) groups excluding carboxylic acids is 3. The molecule has 0 bridgehead atoms. The fourth-order valence-electron chi connectivity index (χ4n) is 4.50. The number of anilines is 1. The first kappa shape index (κ1) is 33.2. The van der Waals surface area contributed by atoms with Crippen LogP contribution >= 0.6 is 23.2 Å². The Morgan fingerprint density at radius 2 is 1.60 bits per heavy atom. The van der Waals surface area contributed by atoms with Gasteiger partial charge in [-0.2, -0.15) is 0 Å². The fourth-order valence-corrected chi connectivity index (χ4v) is 5.10. The zero-order chi connectivity index (χ0) is 31.6. The van der Waals surface area contributed by atoms with Gasteiger partial charge in [-0.05, 0) is 86.6 Å². The summed E-state index contributed by atoms with van der Waals surface area (Å²) >= 11 is 12.9. The van der Waals surface area contributed by atoms with Gasteiger partial charge in [0.25, 0.3) is 11.8 Å². The highest BCUT2D eigenvalue weighted by molar-refractivity contribution is 6.37. The van der Waals surface area contributed by atoms with Crippen molar-refractivity contribution >= 4 is 46.9 Å². The average Bonchev–Trinajstić information content (AvgIpc) is 3.06. The number of nitrogens with one attached hydrogen (secondary N) is 3. The minimum Gasteiger partial charge on any atom is -0.488 e. The van der Waals surface area contributed by atoms with E-state index in [1.807, 2.05) is 20.8 Å². The Labute approximate surface area is 256 Å². The summed E-state index contributed by atoms with van der Waals surface area (Å²) in [5.41, 5.74) is 4.18. The summed E-state index contributed by atoms with van der Waals surface area (Å²) in [6.45, 7) is 16.4. The lowest BCUT2D eigenvalue weighted by Gasteiger charge is -2.35. The highest BCUT2D eigenvalue weighted by Crippen LogP contribution is 2.37. The molecule has 42 heavy (non-hydrogen) atoms. The van der Waals surface area contributed by atoms with Crippen molar-refractivity contribution in [2.45, 2.75) is 91.8 Å². The van der Waals surface area contributed by atoms with Gasteiger partial charge in [-0.1, -0.05) is 23.2 Å². The van der Waals surface area contributed by atoms with Gasteiger partial charge in [-0.3, -0.25) is 25.3 Å². The third-order valence-corrected chi connectivity index (χ3v) is 6.68. The number of pyridine rings is 1. The van der Waals surface area contributed by atoms with Crippen molar-refractivity contribution in [3.8, 4) is 5.75 Å². The smallest absolute Gasteiger partial charge is 0.413 e. The van der Waals surface area contributed by atoms with Gasteiger partial charge in [0, 0.05) is 22.9 Å². The molecule has 2 aromatic rings. The van der Waals surface area contributed by atoms with Crippen LogP contribution in [-0.2, 0) is 9.47 Å². The molecule has 0 radical (unpaired) electrons. The molecule has 1 aliphatic rings. The number of halogens is 2. The lowest BCUT2D eigenvalue weighted by atomic mass is 10.1. The van der Waals surface area contributed by atoms with Crippen LogP contribution in [0.5, 0.6) is 5.75 Å². The molecule has 1 aromatic carbocycles. The van der Waals surface area contributed by atoms with Crippen molar-refractivity contribution in [3.63, 3.8) is 0 Å². The van der Waals surface area contributed by atoms with Gasteiger partial charge in [-0.25, -0.2) is 9.78 Å². The molecule has 0 spiro atoms. The lowest BCUT2D eigenvalue weighted by molar-refractivity contribution is -0.0760. The molecule has 1 saturated heterocycles. The Morgan fingerprint density at radius 3 is 2.12 bits per heavy atom. The average molecular weight is 625 g/mol. The molecule has 11 nitrogen and oxygen atoms in total. The minimum absolute atomic E-state index is 0.00385. The summed E-state index contributed by atoms with van der Waals surface area (Å²) in [5, 5.41) is 3.29. The lowest BCUT2D eigenvalue weighted by Crippen LogP contribution is -2.52. The minimum atomic E-state index is -0.933. The quantitative estimate of drug-likeness (QED) is 0.333. The Kier molecular flexibility index (Phi) is 10.2. The van der Waals surface area contributed by atoms with Gasteiger partial charge in [-0.15, -0.1) is 0 Å². The number of hydrazine groups is 1. The van der Waals surface area contributed by atoms with Crippen LogP contribution in [0.25, 0.3) is 0 Å². The maximum Gasteiger partial charge on any atom is 0.413 e. The van der Waals surface area contributed by atoms with E-state index in [9.17, 15) is 14.4 Å². The zero-order valence-corrected chi connectivity index (χ0v) is 26.9. The Bertz CT molecular complexity index is 1320. The first-order valence-corrected chi connectivity index (χ1v) is 14.3. The highest BCUT2D eigenvalue weighted by Gasteiger charge is 2.50. The fraction of sp³-hybridized carbons (Fsp3) is 0.517. The van der Waals surface area contributed by atoms with Crippen LogP contribution in [0, 0.1) is 6.92 Å². The first-order valence-electron chi connectivity index (χ1n) is 13.6. The number of hydrogen-bond acceptors (Lipinski definition) is 8. The number of aryl methyl sites for hydroxylation is 1. The van der Waals surface area contributed by atoms with Gasteiger partial charge in [0.2, 0.25) is 0 Å². The number of aromatic nitrogens is 1. The van der Waals surface area contributed by atoms with E-state index >= 15 is 0 Å². The number of ether oxygens (including phenoxy) is 3. The number of nitrogens with zero attached hydrogens (tertiary/aromatic N) is 2. The van der Waals surface area contributed by atoms with Crippen LogP contribution in [-0.4, -0.2) is 63.9 Å². The molecule has 1 aliphatic heterocycles. The van der Waals surface area contributed by atoms with Gasteiger partial charge >= 0.3 is 6.09 Å². The van der Waals surface area contributed by atoms with Crippen molar-refractivity contribution < 1.29 is 28.6 Å². The number of benzene rings is 1. The second-order valence-corrected chi connectivity index (χ2v) is 12.7. The summed E-state index contributed by atoms with van der Waals surface area (Å²) in [5.74, 6) is -0.479. The third kappa shape index (κ3) is 8.39. The summed E-state index contributed by atoms with van der Waals surface area (Å²) < 4.78 is 17.6. The molecular weight excluding hydrogens is 585 g/mol. The zero-order valence-electron chi connectivity index (χ0n) is 25.3. The van der Waals surface area contributed by atoms with E-state index in [0.29, 0.717) is 17.1 Å². The number of rotatable bonds is 7. The maximum absolute atomic E-state index is 13.0. The standard InChI is InChI=1S/C29H39Cl2N5O6/c1-15(2)32-23-13-18(10-16(3)33-23)25(37)34-35-26(38)19-11-20(30)24(21(31)12-19)40-14-22-17(4)41-29(8,9)36(22)27(39)42-28(5,6)7/h10-13,15,17,22H,14H2,1-9H3,(H,32,33)(H,34,37)(H,35,38)/t17-,22+/m1/s1. The van der Waals surface area contributed by atoms with Crippen molar-refractivity contribution in [2.24, 2.45) is 0 Å². The molecule has 0 aliphatic carbocycles. The second-order valence-electron chi connectivity index (χ2n) is 11.9. The molecular formula is C29H39Cl2N5O6. The van der Waals surface area contributed by atoms with Crippen molar-refractivity contribution in [2.75, 3.05) is 11.9 Å². The molecule has 0 unspecified atom stereocenters. The van der Waals surface area contributed by atoms with E-state index in [-0.39, 0.29) is 40.1 Å². The van der Waals surface area contributed by atoms with Crippen LogP contribution in [0.2, 0.25) is 10.0 Å². The third-order valence-electron chi connectivity index (χ3n) is 6.12. The largest absolute Gasteiger partial charge is 0.488 e. The Hall–Kier alpha value is -3.28. The first-order chi connectivity index (χ1) is 19.4. The highest BCUT2D eigenvalue weighted by atomic mass is 35.5. The molecule has 230 valence electrons. The van der Waals surface area contributed by atoms with Crippen LogP contribution in [0.3, 0.4) is 0 Å². The Balaban J connectivity index is 1.68. The summed E-state index contributed by atoms with van der Waals surface area (Å²) in [7, 11) is 0. The maximum atomic E-state index is 13.0. The predicted molar refractivity (Wildman–Crippen MR) is 161 cm³/mol. The van der Waals surface area contributed by atoms with E-state index < -0.39 is 35.3 Å². The molecule has 1 fully saturated rings. The van der Waals surface area contributed by atoms with E-state index in [1.54, 1.807) is 53.7 Å². The second kappa shape index (κ2) is 12.9. The van der Waals surface area contributed by atoms with Crippen LogP contribution in [0.15, 0.2) is 24.3 Å². The van der Waals surface area contributed by atoms with E-state index in [1.165, 1.54) is 17.0 Å². The summed E-state index contributed by atoms with van der Waals surface area (Å²) in [6, 6.07) is 5.56. The van der Waals surface area contributed by atoms with Gasteiger partial charge in [0.05, 0.1) is 22.2 Å². The SMILES string of the molecule is Cc1cc(C(=O)NNC(=O)c2cc(Cl)c(OC[C@H]3[C@@H](C)OC(C)(C)N3C(=O)OC(C)(C)C)c(Cl)c2)cc(NC(C)C)n1. The molecule has 3 rings (SSSR count). The molecule has 3 amide bonds. The van der Waals surface area contributed by atoms with Crippen molar-refractivity contribution in [3.05, 3.63) is 51.1 Å². The monoisotopic (exact) mass is 623 g/mol. The van der Waals surface area contributed by atoms with Crippen LogP contribution in [0.1, 0.15) is 81.8 Å². The van der Waals surface area contributed by atoms with E-state index in [0.717, 1.165) is 0 Å². The number of hydrogen-bond donors (Lipinski definition) is 3. The molecule has 2 heterocycles. The molecule has 3 N–H and O–H groups in total. The number of carbonyl (C=O) groups is 3. The van der Waals surface area contributed by atoms with Gasteiger partial charge < -0.3 is 19.5 Å². The summed E-state index contributed by atoms with van der Waals surface area (Å²) in [6.07, 6.45) is -0.911. The van der Waals surface area contributed by atoms with Crippen molar-refractivity contribution in [1.29, 1.82) is 0 Å². The normalized spacial score (nSPS) is 18.0.